The SMILES string of the molecule is CCN(C(C)(C)C(C)(C)OC)C(C)(C)C(C)(C)OC(C)=O. The van der Waals surface area contributed by atoms with Crippen molar-refractivity contribution in [3.63, 3.8) is 0 Å². The van der Waals surface area contributed by atoms with Crippen LogP contribution in [-0.2, 0) is 14.3 Å². The molecule has 126 valence electrons. The first kappa shape index (κ1) is 20.4. The molecule has 0 rings (SSSR count). The predicted octanol–water partition coefficient (Wildman–Crippen LogP) is 3.63. The topological polar surface area (TPSA) is 38.8 Å². The van der Waals surface area contributed by atoms with Crippen LogP contribution in [0, 0.1) is 0 Å². The Hall–Kier alpha value is -0.610. The van der Waals surface area contributed by atoms with Crippen molar-refractivity contribution in [1.29, 1.82) is 0 Å². The van der Waals surface area contributed by atoms with Crippen LogP contribution in [-0.4, -0.2) is 46.8 Å². The highest BCUT2D eigenvalue weighted by Gasteiger charge is 2.53. The Labute approximate surface area is 131 Å². The maximum atomic E-state index is 11.5. The van der Waals surface area contributed by atoms with E-state index in [1.807, 2.05) is 13.8 Å². The van der Waals surface area contributed by atoms with E-state index in [9.17, 15) is 4.79 Å². The fourth-order valence-electron chi connectivity index (χ4n) is 2.87. The Morgan fingerprint density at radius 3 is 1.57 bits per heavy atom. The van der Waals surface area contributed by atoms with E-state index in [-0.39, 0.29) is 22.6 Å². The van der Waals surface area contributed by atoms with Crippen LogP contribution in [0.1, 0.15) is 69.2 Å². The number of carbonyl (C=O) groups excluding carboxylic acids is 1. The van der Waals surface area contributed by atoms with E-state index in [0.717, 1.165) is 6.54 Å². The fourth-order valence-corrected chi connectivity index (χ4v) is 2.87. The first-order chi connectivity index (χ1) is 9.17. The number of likely N-dealkylation sites (N-methyl/N-ethyl adjacent to an activating group) is 1. The second-order valence-corrected chi connectivity index (χ2v) is 7.68. The summed E-state index contributed by atoms with van der Waals surface area (Å²) in [6.07, 6.45) is 0. The van der Waals surface area contributed by atoms with Crippen LogP contribution in [0.25, 0.3) is 0 Å². The Kier molecular flexibility index (Phi) is 6.07. The third kappa shape index (κ3) is 3.78. The molecule has 21 heavy (non-hydrogen) atoms. The summed E-state index contributed by atoms with van der Waals surface area (Å²) in [6, 6.07) is 0. The van der Waals surface area contributed by atoms with Gasteiger partial charge in [-0.05, 0) is 61.9 Å². The predicted molar refractivity (Wildman–Crippen MR) is 87.5 cm³/mol. The van der Waals surface area contributed by atoms with Crippen LogP contribution in [0.2, 0.25) is 0 Å². The first-order valence-electron chi connectivity index (χ1n) is 7.70. The van der Waals surface area contributed by atoms with E-state index < -0.39 is 5.60 Å². The molecule has 0 saturated carbocycles. The van der Waals surface area contributed by atoms with E-state index in [1.165, 1.54) is 6.92 Å². The highest BCUT2D eigenvalue weighted by Crippen LogP contribution is 2.41. The zero-order valence-electron chi connectivity index (χ0n) is 15.9. The number of nitrogens with zero attached hydrogens (tertiary/aromatic N) is 1. The number of ether oxygens (including phenoxy) is 2. The van der Waals surface area contributed by atoms with Gasteiger partial charge in [-0.1, -0.05) is 6.92 Å². The summed E-state index contributed by atoms with van der Waals surface area (Å²) >= 11 is 0. The minimum Gasteiger partial charge on any atom is -0.458 e. The van der Waals surface area contributed by atoms with E-state index >= 15 is 0 Å². The van der Waals surface area contributed by atoms with Crippen molar-refractivity contribution in [1.82, 2.24) is 4.90 Å². The lowest BCUT2D eigenvalue weighted by Gasteiger charge is -2.58. The van der Waals surface area contributed by atoms with Gasteiger partial charge in [0.15, 0.2) is 0 Å². The van der Waals surface area contributed by atoms with Crippen molar-refractivity contribution in [2.24, 2.45) is 0 Å². The standard InChI is InChI=1S/C17H35NO3/c1-12-18(14(3,4)16(7,8)20-11)15(5,6)17(9,10)21-13(2)19/h12H2,1-11H3. The summed E-state index contributed by atoms with van der Waals surface area (Å²) in [5.41, 5.74) is -1.55. The lowest BCUT2D eigenvalue weighted by atomic mass is 9.75. The lowest BCUT2D eigenvalue weighted by molar-refractivity contribution is -0.191. The molecule has 0 amide bonds. The smallest absolute Gasteiger partial charge is 0.303 e. The summed E-state index contributed by atoms with van der Waals surface area (Å²) in [5.74, 6) is -0.257. The number of rotatable bonds is 7. The van der Waals surface area contributed by atoms with Gasteiger partial charge in [-0.25, -0.2) is 0 Å². The Morgan fingerprint density at radius 2 is 1.29 bits per heavy atom. The summed E-state index contributed by atoms with van der Waals surface area (Å²) in [5, 5.41) is 0. The lowest BCUT2D eigenvalue weighted by Crippen LogP contribution is -2.70. The van der Waals surface area contributed by atoms with Crippen molar-refractivity contribution in [3.8, 4) is 0 Å². The van der Waals surface area contributed by atoms with Gasteiger partial charge in [0.1, 0.15) is 5.60 Å². The van der Waals surface area contributed by atoms with E-state index in [0.29, 0.717) is 0 Å². The number of methoxy groups -OCH3 is 1. The molecule has 0 aromatic rings. The van der Waals surface area contributed by atoms with Crippen molar-refractivity contribution in [3.05, 3.63) is 0 Å². The van der Waals surface area contributed by atoms with Gasteiger partial charge in [-0.15, -0.1) is 0 Å². The molecule has 0 spiro atoms. The average Bonchev–Trinajstić information content (AvgIpc) is 2.26. The van der Waals surface area contributed by atoms with E-state index in [1.54, 1.807) is 7.11 Å². The summed E-state index contributed by atoms with van der Waals surface area (Å²) in [7, 11) is 1.74. The number of hydrogen-bond acceptors (Lipinski definition) is 4. The quantitative estimate of drug-likeness (QED) is 0.673. The maximum absolute atomic E-state index is 11.5. The highest BCUT2D eigenvalue weighted by molar-refractivity contribution is 5.66. The molecule has 0 aromatic heterocycles. The molecule has 0 saturated heterocycles. The molecule has 4 nitrogen and oxygen atoms in total. The minimum atomic E-state index is -0.615. The average molecular weight is 301 g/mol. The molecular weight excluding hydrogens is 266 g/mol. The Bertz CT molecular complexity index is 370. The van der Waals surface area contributed by atoms with Crippen LogP contribution in [0.15, 0.2) is 0 Å². The first-order valence-corrected chi connectivity index (χ1v) is 7.70. The molecule has 0 aliphatic carbocycles. The molecule has 0 aliphatic rings. The molecule has 0 unspecified atom stereocenters. The van der Waals surface area contributed by atoms with Gasteiger partial charge in [0.05, 0.1) is 11.1 Å². The zero-order chi connectivity index (χ0) is 17.3. The summed E-state index contributed by atoms with van der Waals surface area (Å²) in [6.45, 7) is 21.1. The molecule has 4 heteroatoms. The molecule has 0 N–H and O–H groups in total. The van der Waals surface area contributed by atoms with E-state index in [4.69, 9.17) is 9.47 Å². The molecule has 0 atom stereocenters. The molecule has 0 radical (unpaired) electrons. The van der Waals surface area contributed by atoms with Gasteiger partial charge in [0.25, 0.3) is 0 Å². The third-order valence-corrected chi connectivity index (χ3v) is 5.52. The minimum absolute atomic E-state index is 0.239. The maximum Gasteiger partial charge on any atom is 0.303 e. The molecule has 0 heterocycles. The largest absolute Gasteiger partial charge is 0.458 e. The van der Waals surface area contributed by atoms with Gasteiger partial charge < -0.3 is 9.47 Å². The van der Waals surface area contributed by atoms with Crippen LogP contribution >= 0.6 is 0 Å². The van der Waals surface area contributed by atoms with Crippen LogP contribution in [0.4, 0.5) is 0 Å². The monoisotopic (exact) mass is 301 g/mol. The van der Waals surface area contributed by atoms with Gasteiger partial charge in [-0.2, -0.15) is 0 Å². The van der Waals surface area contributed by atoms with Gasteiger partial charge >= 0.3 is 5.97 Å². The molecular formula is C17H35NO3. The van der Waals surface area contributed by atoms with Gasteiger partial charge in [0, 0.05) is 19.6 Å². The number of carbonyl (C=O) groups is 1. The number of hydrogen-bond donors (Lipinski definition) is 0. The van der Waals surface area contributed by atoms with Crippen molar-refractivity contribution in [2.75, 3.05) is 13.7 Å². The Balaban J connectivity index is 5.78. The third-order valence-electron chi connectivity index (χ3n) is 5.52. The second-order valence-electron chi connectivity index (χ2n) is 7.68. The van der Waals surface area contributed by atoms with Crippen molar-refractivity contribution < 1.29 is 14.3 Å². The van der Waals surface area contributed by atoms with Crippen molar-refractivity contribution >= 4 is 5.97 Å². The van der Waals surface area contributed by atoms with Crippen LogP contribution in [0.5, 0.6) is 0 Å². The second kappa shape index (κ2) is 6.25. The van der Waals surface area contributed by atoms with Gasteiger partial charge in [0.2, 0.25) is 0 Å². The van der Waals surface area contributed by atoms with Crippen LogP contribution in [0.3, 0.4) is 0 Å². The van der Waals surface area contributed by atoms with Gasteiger partial charge in [-0.3, -0.25) is 9.69 Å². The molecule has 0 fully saturated rings. The fraction of sp³-hybridized carbons (Fsp3) is 0.941. The normalized spacial score (nSPS) is 14.5. The number of esters is 1. The molecule has 0 aromatic carbocycles. The Morgan fingerprint density at radius 1 is 0.905 bits per heavy atom. The summed E-state index contributed by atoms with van der Waals surface area (Å²) < 4.78 is 11.3. The van der Waals surface area contributed by atoms with Crippen molar-refractivity contribution in [2.45, 2.75) is 91.5 Å². The highest BCUT2D eigenvalue weighted by atomic mass is 16.6. The zero-order valence-corrected chi connectivity index (χ0v) is 15.9. The molecule has 0 bridgehead atoms. The van der Waals surface area contributed by atoms with E-state index in [2.05, 4.69) is 53.4 Å². The van der Waals surface area contributed by atoms with Crippen LogP contribution < -0.4 is 0 Å². The molecule has 0 aliphatic heterocycles. The summed E-state index contributed by atoms with van der Waals surface area (Å²) in [4.78, 5) is 13.8.